The maximum atomic E-state index is 13.4. The SMILES string of the molecule is Fc1ccccc1COc1ccc(Br)cc1F. The summed E-state index contributed by atoms with van der Waals surface area (Å²) in [6, 6.07) is 10.7. The molecule has 2 rings (SSSR count). The summed E-state index contributed by atoms with van der Waals surface area (Å²) in [5.74, 6) is -0.725. The van der Waals surface area contributed by atoms with E-state index in [0.717, 1.165) is 0 Å². The van der Waals surface area contributed by atoms with Crippen molar-refractivity contribution in [1.29, 1.82) is 0 Å². The van der Waals surface area contributed by atoms with E-state index in [-0.39, 0.29) is 18.2 Å². The van der Waals surface area contributed by atoms with Gasteiger partial charge in [0.2, 0.25) is 0 Å². The van der Waals surface area contributed by atoms with Gasteiger partial charge in [0.05, 0.1) is 0 Å². The second-order valence-electron chi connectivity index (χ2n) is 3.45. The van der Waals surface area contributed by atoms with E-state index in [9.17, 15) is 8.78 Å². The zero-order valence-corrected chi connectivity index (χ0v) is 10.4. The maximum Gasteiger partial charge on any atom is 0.166 e. The molecular weight excluding hydrogens is 290 g/mol. The Hall–Kier alpha value is -1.42. The summed E-state index contributed by atoms with van der Waals surface area (Å²) in [5.41, 5.74) is 0.398. The highest BCUT2D eigenvalue weighted by atomic mass is 79.9. The van der Waals surface area contributed by atoms with Crippen LogP contribution in [0, 0.1) is 11.6 Å². The molecule has 0 spiro atoms. The molecule has 4 heteroatoms. The van der Waals surface area contributed by atoms with Crippen molar-refractivity contribution in [2.45, 2.75) is 6.61 Å². The minimum Gasteiger partial charge on any atom is -0.486 e. The lowest BCUT2D eigenvalue weighted by atomic mass is 10.2. The van der Waals surface area contributed by atoms with Crippen LogP contribution in [0.1, 0.15) is 5.56 Å². The van der Waals surface area contributed by atoms with Crippen molar-refractivity contribution >= 4 is 15.9 Å². The molecule has 0 aliphatic rings. The highest BCUT2D eigenvalue weighted by molar-refractivity contribution is 9.10. The van der Waals surface area contributed by atoms with Gasteiger partial charge in [-0.05, 0) is 24.3 Å². The van der Waals surface area contributed by atoms with Crippen molar-refractivity contribution in [1.82, 2.24) is 0 Å². The molecule has 0 saturated carbocycles. The van der Waals surface area contributed by atoms with E-state index >= 15 is 0 Å². The average molecular weight is 299 g/mol. The first-order valence-electron chi connectivity index (χ1n) is 4.98. The van der Waals surface area contributed by atoms with Gasteiger partial charge >= 0.3 is 0 Å². The van der Waals surface area contributed by atoms with Crippen molar-refractivity contribution in [3.05, 3.63) is 64.1 Å². The standard InChI is InChI=1S/C13H9BrF2O/c14-10-5-6-13(12(16)7-10)17-8-9-3-1-2-4-11(9)15/h1-7H,8H2. The Morgan fingerprint density at radius 2 is 1.76 bits per heavy atom. The van der Waals surface area contributed by atoms with Crippen LogP contribution >= 0.6 is 15.9 Å². The number of rotatable bonds is 3. The minimum atomic E-state index is -0.476. The zero-order chi connectivity index (χ0) is 12.3. The van der Waals surface area contributed by atoms with Gasteiger partial charge in [0.25, 0.3) is 0 Å². The van der Waals surface area contributed by atoms with Crippen LogP contribution < -0.4 is 4.74 Å². The first-order chi connectivity index (χ1) is 8.16. The first kappa shape index (κ1) is 12.0. The molecule has 17 heavy (non-hydrogen) atoms. The number of hydrogen-bond acceptors (Lipinski definition) is 1. The third-order valence-corrected chi connectivity index (χ3v) is 2.73. The molecule has 0 atom stereocenters. The maximum absolute atomic E-state index is 13.4. The van der Waals surface area contributed by atoms with Crippen molar-refractivity contribution in [2.75, 3.05) is 0 Å². The fourth-order valence-electron chi connectivity index (χ4n) is 1.36. The van der Waals surface area contributed by atoms with Crippen molar-refractivity contribution in [3.63, 3.8) is 0 Å². The van der Waals surface area contributed by atoms with Crippen LogP contribution in [0.25, 0.3) is 0 Å². The van der Waals surface area contributed by atoms with Gasteiger partial charge in [0.15, 0.2) is 11.6 Å². The van der Waals surface area contributed by atoms with E-state index in [4.69, 9.17) is 4.74 Å². The fourth-order valence-corrected chi connectivity index (χ4v) is 1.70. The predicted octanol–water partition coefficient (Wildman–Crippen LogP) is 4.31. The molecule has 0 N–H and O–H groups in total. The van der Waals surface area contributed by atoms with Crippen LogP contribution in [0.4, 0.5) is 8.78 Å². The summed E-state index contributed by atoms with van der Waals surface area (Å²) in [6.45, 7) is 0.00518. The molecule has 0 aliphatic heterocycles. The Kier molecular flexibility index (Phi) is 3.74. The van der Waals surface area contributed by atoms with Gasteiger partial charge in [0, 0.05) is 10.0 Å². The minimum absolute atomic E-state index is 0.00518. The van der Waals surface area contributed by atoms with Crippen LogP contribution in [0.2, 0.25) is 0 Å². The van der Waals surface area contributed by atoms with Crippen LogP contribution in [-0.4, -0.2) is 0 Å². The molecule has 0 fully saturated rings. The summed E-state index contributed by atoms with van der Waals surface area (Å²) in [4.78, 5) is 0. The van der Waals surface area contributed by atoms with E-state index in [1.165, 1.54) is 18.2 Å². The molecule has 88 valence electrons. The Labute approximate surface area is 106 Å². The molecule has 0 bridgehead atoms. The highest BCUT2D eigenvalue weighted by Gasteiger charge is 2.06. The monoisotopic (exact) mass is 298 g/mol. The van der Waals surface area contributed by atoms with Gasteiger partial charge < -0.3 is 4.74 Å². The molecule has 0 radical (unpaired) electrons. The second-order valence-corrected chi connectivity index (χ2v) is 4.37. The molecule has 0 heterocycles. The van der Waals surface area contributed by atoms with Gasteiger partial charge in [-0.25, -0.2) is 8.78 Å². The number of ether oxygens (including phenoxy) is 1. The second kappa shape index (κ2) is 5.27. The summed E-state index contributed by atoms with van der Waals surface area (Å²) in [7, 11) is 0. The molecular formula is C13H9BrF2O. The quantitative estimate of drug-likeness (QED) is 0.820. The number of benzene rings is 2. The molecule has 1 nitrogen and oxygen atoms in total. The summed E-state index contributed by atoms with van der Waals surface area (Å²) in [5, 5.41) is 0. The number of halogens is 3. The van der Waals surface area contributed by atoms with Gasteiger partial charge in [-0.15, -0.1) is 0 Å². The molecule has 0 aliphatic carbocycles. The topological polar surface area (TPSA) is 9.23 Å². The van der Waals surface area contributed by atoms with Crippen LogP contribution in [-0.2, 0) is 6.61 Å². The highest BCUT2D eigenvalue weighted by Crippen LogP contribution is 2.22. The Morgan fingerprint density at radius 1 is 1.00 bits per heavy atom. The van der Waals surface area contributed by atoms with E-state index in [2.05, 4.69) is 15.9 Å². The lowest BCUT2D eigenvalue weighted by Crippen LogP contribution is -1.99. The predicted molar refractivity (Wildman–Crippen MR) is 64.8 cm³/mol. The van der Waals surface area contributed by atoms with Crippen molar-refractivity contribution < 1.29 is 13.5 Å². The summed E-state index contributed by atoms with van der Waals surface area (Å²) < 4.78 is 32.5. The molecule has 0 aromatic heterocycles. The van der Waals surface area contributed by atoms with Crippen LogP contribution in [0.15, 0.2) is 46.9 Å². The van der Waals surface area contributed by atoms with Crippen LogP contribution in [0.3, 0.4) is 0 Å². The smallest absolute Gasteiger partial charge is 0.166 e. The van der Waals surface area contributed by atoms with E-state index in [0.29, 0.717) is 10.0 Å². The van der Waals surface area contributed by atoms with Gasteiger partial charge in [0.1, 0.15) is 12.4 Å². The fraction of sp³-hybridized carbons (Fsp3) is 0.0769. The van der Waals surface area contributed by atoms with Gasteiger partial charge in [-0.3, -0.25) is 0 Å². The van der Waals surface area contributed by atoms with Crippen molar-refractivity contribution in [2.24, 2.45) is 0 Å². The lowest BCUT2D eigenvalue weighted by Gasteiger charge is -2.08. The van der Waals surface area contributed by atoms with Gasteiger partial charge in [-0.2, -0.15) is 0 Å². The Bertz CT molecular complexity index is 529. The Balaban J connectivity index is 2.10. The van der Waals surface area contributed by atoms with E-state index < -0.39 is 5.82 Å². The molecule has 2 aromatic carbocycles. The largest absolute Gasteiger partial charge is 0.486 e. The van der Waals surface area contributed by atoms with E-state index in [1.54, 1.807) is 24.3 Å². The molecule has 0 amide bonds. The van der Waals surface area contributed by atoms with Crippen molar-refractivity contribution in [3.8, 4) is 5.75 Å². The average Bonchev–Trinajstić information content (AvgIpc) is 2.30. The Morgan fingerprint density at radius 3 is 2.47 bits per heavy atom. The van der Waals surface area contributed by atoms with Gasteiger partial charge in [-0.1, -0.05) is 34.1 Å². The zero-order valence-electron chi connectivity index (χ0n) is 8.79. The van der Waals surface area contributed by atoms with E-state index in [1.807, 2.05) is 0 Å². The first-order valence-corrected chi connectivity index (χ1v) is 5.77. The number of hydrogen-bond donors (Lipinski definition) is 0. The summed E-state index contributed by atoms with van der Waals surface area (Å²) in [6.07, 6.45) is 0. The summed E-state index contributed by atoms with van der Waals surface area (Å²) >= 11 is 3.15. The lowest BCUT2D eigenvalue weighted by molar-refractivity contribution is 0.284. The normalized spacial score (nSPS) is 10.3. The molecule has 2 aromatic rings. The molecule has 0 saturated heterocycles. The van der Waals surface area contributed by atoms with Crippen LogP contribution in [0.5, 0.6) is 5.75 Å². The third kappa shape index (κ3) is 3.03. The molecule has 0 unspecified atom stereocenters. The third-order valence-electron chi connectivity index (χ3n) is 2.23.